The van der Waals surface area contributed by atoms with Crippen LogP contribution >= 0.6 is 0 Å². The van der Waals surface area contributed by atoms with Crippen molar-refractivity contribution >= 4 is 60.5 Å². The van der Waals surface area contributed by atoms with Gasteiger partial charge in [-0.15, -0.1) is 0 Å². The van der Waals surface area contributed by atoms with Crippen LogP contribution in [0.25, 0.3) is 88.0 Å². The van der Waals surface area contributed by atoms with Gasteiger partial charge in [0.25, 0.3) is 0 Å². The lowest BCUT2D eigenvalue weighted by atomic mass is 9.96. The summed E-state index contributed by atoms with van der Waals surface area (Å²) in [6.07, 6.45) is 0. The Kier molecular flexibility index (Phi) is 7.20. The second-order valence-electron chi connectivity index (χ2n) is 14.6. The smallest absolute Gasteiger partial charge is 0.143 e. The maximum absolute atomic E-state index is 9.71. The first-order chi connectivity index (χ1) is 30.4. The summed E-state index contributed by atoms with van der Waals surface area (Å²) in [5.41, 5.74) is 9.90. The first kappa shape index (κ1) is 29.6. The van der Waals surface area contributed by atoms with Crippen molar-refractivity contribution in [3.05, 3.63) is 224 Å². The molecule has 11 rings (SSSR count). The van der Waals surface area contributed by atoms with E-state index in [0.717, 1.165) is 76.9 Å². The Bertz CT molecular complexity index is 3510. The van der Waals surface area contributed by atoms with Crippen molar-refractivity contribution in [2.45, 2.75) is 0 Å². The van der Waals surface area contributed by atoms with Gasteiger partial charge in [-0.3, -0.25) is 0 Å². The molecule has 1 heterocycles. The van der Waals surface area contributed by atoms with Crippen LogP contribution in [-0.4, -0.2) is 0 Å². The van der Waals surface area contributed by atoms with E-state index < -0.39 is 0 Å². The summed E-state index contributed by atoms with van der Waals surface area (Å²) in [6.45, 7) is 0. The Balaban J connectivity index is 1.12. The van der Waals surface area contributed by atoms with E-state index in [0.29, 0.717) is 16.9 Å². The molecule has 2 heteroatoms. The van der Waals surface area contributed by atoms with Crippen molar-refractivity contribution in [2.24, 2.45) is 0 Å². The van der Waals surface area contributed by atoms with Gasteiger partial charge >= 0.3 is 0 Å². The topological polar surface area (TPSA) is 16.4 Å². The van der Waals surface area contributed by atoms with E-state index in [1.165, 1.54) is 0 Å². The normalized spacial score (nSPS) is 12.4. The van der Waals surface area contributed by atoms with E-state index in [4.69, 9.17) is 4.42 Å². The van der Waals surface area contributed by atoms with Crippen LogP contribution in [0.1, 0.15) is 5.48 Å². The zero-order valence-corrected chi connectivity index (χ0v) is 31.4. The second kappa shape index (κ2) is 14.1. The minimum atomic E-state index is -0.137. The number of benzene rings is 10. The van der Waals surface area contributed by atoms with Crippen molar-refractivity contribution < 1.29 is 9.90 Å². The fraction of sp³-hybridized carbons (Fsp3) is 0. The Morgan fingerprint density at radius 1 is 0.345 bits per heavy atom. The molecule has 0 unspecified atom stereocenters. The highest BCUT2D eigenvalue weighted by Crippen LogP contribution is 2.43. The Labute approximate surface area is 343 Å². The quantitative estimate of drug-likeness (QED) is 0.162. The summed E-state index contributed by atoms with van der Waals surface area (Å²) < 4.78 is 45.0. The SMILES string of the molecule is [2H]c1c([2H])c(N(c2cccc(-c3cccc4ccccc34)c2)c2cccc(-c3cccc4oc5c6ccccc6ccc5c34)c2)c([2H])c([2H])c1-c1cccc(-c2ccccc2)c1. The molecule has 0 N–H and O–H groups in total. The van der Waals surface area contributed by atoms with Gasteiger partial charge in [-0.05, 0) is 115 Å². The zero-order valence-electron chi connectivity index (χ0n) is 35.4. The van der Waals surface area contributed by atoms with Gasteiger partial charge < -0.3 is 9.32 Å². The molecule has 0 bridgehead atoms. The molecule has 0 saturated heterocycles. The molecule has 0 aliphatic rings. The molecule has 0 aliphatic heterocycles. The molecule has 272 valence electrons. The number of hydrogen-bond acceptors (Lipinski definition) is 2. The van der Waals surface area contributed by atoms with Gasteiger partial charge in [-0.25, -0.2) is 0 Å². The number of fused-ring (bicyclic) bond motifs is 6. The van der Waals surface area contributed by atoms with Crippen LogP contribution < -0.4 is 4.90 Å². The highest BCUT2D eigenvalue weighted by molar-refractivity contribution is 6.19. The van der Waals surface area contributed by atoms with Gasteiger partial charge in [0, 0.05) is 33.2 Å². The highest BCUT2D eigenvalue weighted by Gasteiger charge is 2.18. The summed E-state index contributed by atoms with van der Waals surface area (Å²) in [5, 5.41) is 6.42. The van der Waals surface area contributed by atoms with Crippen LogP contribution in [0.4, 0.5) is 17.1 Å². The molecule has 0 spiro atoms. The van der Waals surface area contributed by atoms with Crippen LogP contribution in [-0.2, 0) is 0 Å². The van der Waals surface area contributed by atoms with Crippen molar-refractivity contribution in [2.75, 3.05) is 4.90 Å². The molecule has 0 aliphatic carbocycles. The molecule has 0 saturated carbocycles. The first-order valence-corrected chi connectivity index (χ1v) is 19.5. The molecular formula is C56H37NO. The first-order valence-electron chi connectivity index (χ1n) is 21.5. The van der Waals surface area contributed by atoms with Gasteiger partial charge in [0.15, 0.2) is 0 Å². The van der Waals surface area contributed by atoms with E-state index in [9.17, 15) is 5.48 Å². The molecule has 0 atom stereocenters. The van der Waals surface area contributed by atoms with Crippen LogP contribution in [0, 0.1) is 0 Å². The van der Waals surface area contributed by atoms with Crippen molar-refractivity contribution in [3.63, 3.8) is 0 Å². The number of nitrogens with zero attached hydrogens (tertiary/aromatic N) is 1. The second-order valence-corrected chi connectivity index (χ2v) is 14.6. The standard InChI is InChI=1S/C56H37NO/c1-2-13-38(14-3-1)42-18-8-19-43(35-42)39-29-32-46(33-30-39)57(47-22-9-20-44(36-47)50-26-11-17-40-15-4-6-24-49(40)50)48-23-10-21-45(37-48)51-27-12-28-54-55(51)53-34-31-41-16-5-7-25-52(41)56(53)58-54/h1-37H/i29D,30D,32D,33D. The van der Waals surface area contributed by atoms with Gasteiger partial charge in [0.2, 0.25) is 0 Å². The summed E-state index contributed by atoms with van der Waals surface area (Å²) in [6, 6.07) is 66.6. The molecule has 1 aromatic heterocycles. The molecule has 0 radical (unpaired) electrons. The lowest BCUT2D eigenvalue weighted by molar-refractivity contribution is 0.673. The Morgan fingerprint density at radius 2 is 0.897 bits per heavy atom. The van der Waals surface area contributed by atoms with Crippen LogP contribution in [0.5, 0.6) is 0 Å². The van der Waals surface area contributed by atoms with E-state index >= 15 is 0 Å². The zero-order chi connectivity index (χ0) is 41.9. The molecule has 11 aromatic rings. The summed E-state index contributed by atoms with van der Waals surface area (Å²) in [4.78, 5) is 1.88. The van der Waals surface area contributed by atoms with Crippen molar-refractivity contribution in [1.29, 1.82) is 0 Å². The fourth-order valence-electron chi connectivity index (χ4n) is 8.35. The number of rotatable bonds is 7. The van der Waals surface area contributed by atoms with E-state index in [2.05, 4.69) is 84.9 Å². The summed E-state index contributed by atoms with van der Waals surface area (Å²) >= 11 is 0. The largest absolute Gasteiger partial charge is 0.455 e. The van der Waals surface area contributed by atoms with Gasteiger partial charge in [0.1, 0.15) is 11.2 Å². The molecule has 0 fully saturated rings. The molecular weight excluding hydrogens is 703 g/mol. The van der Waals surface area contributed by atoms with Gasteiger partial charge in [-0.2, -0.15) is 0 Å². The van der Waals surface area contributed by atoms with Crippen molar-refractivity contribution in [1.82, 2.24) is 0 Å². The molecule has 58 heavy (non-hydrogen) atoms. The minimum absolute atomic E-state index is 0.112. The summed E-state index contributed by atoms with van der Waals surface area (Å²) in [5.74, 6) is 0. The summed E-state index contributed by atoms with van der Waals surface area (Å²) in [7, 11) is 0. The van der Waals surface area contributed by atoms with Crippen LogP contribution in [0.2, 0.25) is 0 Å². The third-order valence-electron chi connectivity index (χ3n) is 11.1. The number of hydrogen-bond donors (Lipinski definition) is 0. The molecule has 2 nitrogen and oxygen atoms in total. The number of anilines is 3. The van der Waals surface area contributed by atoms with E-state index in [-0.39, 0.29) is 35.4 Å². The minimum Gasteiger partial charge on any atom is -0.455 e. The fourth-order valence-corrected chi connectivity index (χ4v) is 8.35. The average Bonchev–Trinajstić information content (AvgIpc) is 3.72. The molecule has 0 amide bonds. The lowest BCUT2D eigenvalue weighted by Gasteiger charge is -2.27. The monoisotopic (exact) mass is 743 g/mol. The van der Waals surface area contributed by atoms with Gasteiger partial charge in [-0.1, -0.05) is 170 Å². The van der Waals surface area contributed by atoms with E-state index in [1.54, 1.807) is 0 Å². The van der Waals surface area contributed by atoms with Crippen LogP contribution in [0.3, 0.4) is 0 Å². The Hall–Kier alpha value is -7.68. The van der Waals surface area contributed by atoms with Crippen molar-refractivity contribution in [3.8, 4) is 44.5 Å². The number of furan rings is 1. The Morgan fingerprint density at radius 3 is 1.67 bits per heavy atom. The van der Waals surface area contributed by atoms with E-state index in [1.807, 2.05) is 120 Å². The lowest BCUT2D eigenvalue weighted by Crippen LogP contribution is -2.10. The molecule has 10 aromatic carbocycles. The van der Waals surface area contributed by atoms with Gasteiger partial charge in [0.05, 0.1) is 5.48 Å². The average molecular weight is 744 g/mol. The highest BCUT2D eigenvalue weighted by atomic mass is 16.3. The predicted octanol–water partition coefficient (Wildman–Crippen LogP) is 16.0. The maximum Gasteiger partial charge on any atom is 0.143 e. The predicted molar refractivity (Wildman–Crippen MR) is 245 cm³/mol. The third-order valence-corrected chi connectivity index (χ3v) is 11.1. The maximum atomic E-state index is 9.71. The van der Waals surface area contributed by atoms with Crippen LogP contribution in [0.15, 0.2) is 229 Å². The third kappa shape index (κ3) is 5.91.